The molecule has 4 aromatic rings. The molecule has 0 amide bonds. The van der Waals surface area contributed by atoms with Gasteiger partial charge in [0, 0.05) is 24.2 Å². The van der Waals surface area contributed by atoms with Gasteiger partial charge in [0.2, 0.25) is 5.78 Å². The molecule has 0 saturated heterocycles. The zero-order chi connectivity index (χ0) is 16.5. The second-order valence-electron chi connectivity index (χ2n) is 5.71. The smallest absolute Gasteiger partial charge is 0.215 e. The van der Waals surface area contributed by atoms with Gasteiger partial charge < -0.3 is 9.30 Å². The monoisotopic (exact) mass is 339 g/mol. The van der Waals surface area contributed by atoms with Crippen LogP contribution in [0.2, 0.25) is 0 Å². The minimum absolute atomic E-state index is 0.632. The fourth-order valence-electron chi connectivity index (χ4n) is 3.08. The molecule has 0 unspecified atom stereocenters. The highest BCUT2D eigenvalue weighted by atomic mass is 35.5. The topological polar surface area (TPSA) is 31.5 Å². The molecule has 0 aliphatic carbocycles. The first-order valence-electron chi connectivity index (χ1n) is 7.98. The van der Waals surface area contributed by atoms with Crippen molar-refractivity contribution in [2.45, 2.75) is 13.0 Å². The summed E-state index contributed by atoms with van der Waals surface area (Å²) in [6.07, 6.45) is 3.05. The number of aryl methyl sites for hydroxylation is 1. The van der Waals surface area contributed by atoms with Crippen LogP contribution in [0.1, 0.15) is 6.42 Å². The van der Waals surface area contributed by atoms with Gasteiger partial charge in [0.25, 0.3) is 0 Å². The molecule has 4 rings (SSSR count). The molecule has 0 radical (unpaired) electrons. The van der Waals surface area contributed by atoms with Crippen molar-refractivity contribution in [2.24, 2.45) is 0 Å². The molecular formula is C19H18ClN3O. The fourth-order valence-corrected chi connectivity index (χ4v) is 3.20. The molecule has 2 aromatic heterocycles. The molecule has 0 N–H and O–H groups in total. The highest BCUT2D eigenvalue weighted by molar-refractivity contribution is 6.17. The Balaban J connectivity index is 1.92. The lowest BCUT2D eigenvalue weighted by molar-refractivity contribution is 0.415. The SMILES string of the molecule is COc1ccc(-c2cn3c4ccccc4nc3n2CCCCl)cc1. The lowest BCUT2D eigenvalue weighted by atomic mass is 10.1. The van der Waals surface area contributed by atoms with E-state index in [0.29, 0.717) is 5.88 Å². The molecule has 2 aromatic carbocycles. The Morgan fingerprint density at radius 2 is 1.88 bits per heavy atom. The molecule has 0 bridgehead atoms. The number of halogens is 1. The zero-order valence-electron chi connectivity index (χ0n) is 13.4. The molecule has 5 heteroatoms. The maximum atomic E-state index is 5.93. The van der Waals surface area contributed by atoms with Gasteiger partial charge in [0.1, 0.15) is 5.75 Å². The maximum Gasteiger partial charge on any atom is 0.215 e. The number of rotatable bonds is 5. The summed E-state index contributed by atoms with van der Waals surface area (Å²) in [5.41, 5.74) is 4.40. The number of imidazole rings is 2. The summed E-state index contributed by atoms with van der Waals surface area (Å²) in [7, 11) is 1.68. The number of hydrogen-bond acceptors (Lipinski definition) is 2. The number of nitrogens with zero attached hydrogens (tertiary/aromatic N) is 3. The summed E-state index contributed by atoms with van der Waals surface area (Å²) in [5, 5.41) is 0. The van der Waals surface area contributed by atoms with Crippen LogP contribution in [0.25, 0.3) is 28.1 Å². The van der Waals surface area contributed by atoms with E-state index in [1.807, 2.05) is 30.3 Å². The summed E-state index contributed by atoms with van der Waals surface area (Å²) >= 11 is 5.93. The molecule has 0 saturated carbocycles. The molecule has 0 atom stereocenters. The second kappa shape index (κ2) is 6.21. The molecule has 0 fully saturated rings. The number of aromatic nitrogens is 3. The van der Waals surface area contributed by atoms with Crippen molar-refractivity contribution in [2.75, 3.05) is 13.0 Å². The molecule has 4 nitrogen and oxygen atoms in total. The number of hydrogen-bond donors (Lipinski definition) is 0. The molecule has 24 heavy (non-hydrogen) atoms. The molecule has 0 aliphatic heterocycles. The average molecular weight is 340 g/mol. The van der Waals surface area contributed by atoms with Gasteiger partial charge in [0.15, 0.2) is 0 Å². The molecular weight excluding hydrogens is 322 g/mol. The van der Waals surface area contributed by atoms with Gasteiger partial charge >= 0.3 is 0 Å². The summed E-state index contributed by atoms with van der Waals surface area (Å²) < 4.78 is 9.66. The molecule has 0 spiro atoms. The zero-order valence-corrected chi connectivity index (χ0v) is 14.2. The van der Waals surface area contributed by atoms with Crippen molar-refractivity contribution in [3.8, 4) is 17.0 Å². The summed E-state index contributed by atoms with van der Waals surface area (Å²) in [6, 6.07) is 16.3. The van der Waals surface area contributed by atoms with Crippen LogP contribution in [0.5, 0.6) is 5.75 Å². The van der Waals surface area contributed by atoms with Crippen molar-refractivity contribution < 1.29 is 4.74 Å². The van der Waals surface area contributed by atoms with Gasteiger partial charge in [-0.25, -0.2) is 4.98 Å². The van der Waals surface area contributed by atoms with Crippen molar-refractivity contribution in [3.05, 3.63) is 54.7 Å². The largest absolute Gasteiger partial charge is 0.497 e. The van der Waals surface area contributed by atoms with E-state index in [-0.39, 0.29) is 0 Å². The Morgan fingerprint density at radius 3 is 2.62 bits per heavy atom. The van der Waals surface area contributed by atoms with Gasteiger partial charge in [-0.3, -0.25) is 4.40 Å². The average Bonchev–Trinajstić information content (AvgIpc) is 3.16. The predicted octanol–water partition coefficient (Wildman–Crippen LogP) is 4.59. The van der Waals surface area contributed by atoms with Crippen LogP contribution in [-0.2, 0) is 6.54 Å². The van der Waals surface area contributed by atoms with Crippen LogP contribution in [-0.4, -0.2) is 26.9 Å². The van der Waals surface area contributed by atoms with Crippen molar-refractivity contribution >= 4 is 28.4 Å². The Kier molecular flexibility index (Phi) is 3.90. The fraction of sp³-hybridized carbons (Fsp3) is 0.211. The maximum absolute atomic E-state index is 5.93. The Labute approximate surface area is 145 Å². The van der Waals surface area contributed by atoms with Gasteiger partial charge in [-0.15, -0.1) is 11.6 Å². The van der Waals surface area contributed by atoms with Gasteiger partial charge in [0.05, 0.1) is 23.8 Å². The van der Waals surface area contributed by atoms with E-state index in [1.54, 1.807) is 7.11 Å². The van der Waals surface area contributed by atoms with Crippen LogP contribution >= 0.6 is 11.6 Å². The van der Waals surface area contributed by atoms with Gasteiger partial charge in [-0.05, 0) is 42.8 Å². The minimum atomic E-state index is 0.632. The number of benzene rings is 2. The first kappa shape index (κ1) is 15.1. The standard InChI is InChI=1S/C19H18ClN3O/c1-24-15-9-7-14(8-10-15)18-13-23-17-6-3-2-5-16(17)21-19(23)22(18)12-4-11-20/h2-3,5-10,13H,4,11-12H2,1H3. The normalized spacial score (nSPS) is 11.4. The Bertz CT molecular complexity index is 985. The van der Waals surface area contributed by atoms with E-state index in [4.69, 9.17) is 21.3 Å². The van der Waals surface area contributed by atoms with E-state index < -0.39 is 0 Å². The van der Waals surface area contributed by atoms with E-state index >= 15 is 0 Å². The Hall–Kier alpha value is -2.46. The van der Waals surface area contributed by atoms with Gasteiger partial charge in [-0.2, -0.15) is 0 Å². The van der Waals surface area contributed by atoms with Gasteiger partial charge in [-0.1, -0.05) is 12.1 Å². The van der Waals surface area contributed by atoms with E-state index in [9.17, 15) is 0 Å². The third-order valence-corrected chi connectivity index (χ3v) is 4.53. The minimum Gasteiger partial charge on any atom is -0.497 e. The number of ether oxygens (including phenoxy) is 1. The number of alkyl halides is 1. The highest BCUT2D eigenvalue weighted by Crippen LogP contribution is 2.28. The number of fused-ring (bicyclic) bond motifs is 3. The van der Waals surface area contributed by atoms with E-state index in [0.717, 1.165) is 46.8 Å². The highest BCUT2D eigenvalue weighted by Gasteiger charge is 2.15. The Morgan fingerprint density at radius 1 is 1.08 bits per heavy atom. The quantitative estimate of drug-likeness (QED) is 0.498. The van der Waals surface area contributed by atoms with Crippen LogP contribution < -0.4 is 4.74 Å². The first-order chi connectivity index (χ1) is 11.8. The lowest BCUT2D eigenvalue weighted by Crippen LogP contribution is -2.01. The first-order valence-corrected chi connectivity index (χ1v) is 8.52. The molecule has 2 heterocycles. The number of methoxy groups -OCH3 is 1. The summed E-state index contributed by atoms with van der Waals surface area (Å²) in [4.78, 5) is 4.81. The van der Waals surface area contributed by atoms with Crippen molar-refractivity contribution in [1.82, 2.24) is 14.0 Å². The second-order valence-corrected chi connectivity index (χ2v) is 6.09. The van der Waals surface area contributed by atoms with E-state index in [1.165, 1.54) is 0 Å². The molecule has 0 aliphatic rings. The van der Waals surface area contributed by atoms with E-state index in [2.05, 4.69) is 33.4 Å². The van der Waals surface area contributed by atoms with Crippen LogP contribution in [0.15, 0.2) is 54.7 Å². The predicted molar refractivity (Wildman–Crippen MR) is 98.0 cm³/mol. The third kappa shape index (κ3) is 2.43. The van der Waals surface area contributed by atoms with Crippen LogP contribution in [0.3, 0.4) is 0 Å². The van der Waals surface area contributed by atoms with Crippen molar-refractivity contribution in [1.29, 1.82) is 0 Å². The van der Waals surface area contributed by atoms with Crippen LogP contribution in [0, 0.1) is 0 Å². The molecule has 122 valence electrons. The summed E-state index contributed by atoms with van der Waals surface area (Å²) in [5.74, 6) is 2.44. The van der Waals surface area contributed by atoms with Crippen molar-refractivity contribution in [3.63, 3.8) is 0 Å². The number of para-hydroxylation sites is 2. The summed E-state index contributed by atoms with van der Waals surface area (Å²) in [6.45, 7) is 0.838. The van der Waals surface area contributed by atoms with Crippen LogP contribution in [0.4, 0.5) is 0 Å². The lowest BCUT2D eigenvalue weighted by Gasteiger charge is -2.08. The third-order valence-electron chi connectivity index (χ3n) is 4.26.